The lowest BCUT2D eigenvalue weighted by atomic mass is 10.2. The van der Waals surface area contributed by atoms with Gasteiger partial charge in [-0.2, -0.15) is 11.3 Å². The SMILES string of the molecule is Nc1ccc2nc(NCc3ccsc3)[nH]c(=O)c2c1. The van der Waals surface area contributed by atoms with Crippen LogP contribution in [-0.2, 0) is 6.54 Å². The van der Waals surface area contributed by atoms with Gasteiger partial charge < -0.3 is 11.1 Å². The Labute approximate surface area is 113 Å². The van der Waals surface area contributed by atoms with Gasteiger partial charge in [0.15, 0.2) is 0 Å². The summed E-state index contributed by atoms with van der Waals surface area (Å²) in [4.78, 5) is 19.0. The Morgan fingerprint density at radius 3 is 3.05 bits per heavy atom. The second kappa shape index (κ2) is 4.74. The van der Waals surface area contributed by atoms with Crippen LogP contribution in [0.15, 0.2) is 39.8 Å². The highest BCUT2D eigenvalue weighted by Gasteiger charge is 2.04. The zero-order chi connectivity index (χ0) is 13.2. The summed E-state index contributed by atoms with van der Waals surface area (Å²) in [5.74, 6) is 0.466. The Morgan fingerprint density at radius 2 is 2.26 bits per heavy atom. The van der Waals surface area contributed by atoms with Crippen LogP contribution in [0.2, 0.25) is 0 Å². The number of nitrogens with zero attached hydrogens (tertiary/aromatic N) is 1. The molecule has 4 N–H and O–H groups in total. The highest BCUT2D eigenvalue weighted by Crippen LogP contribution is 2.13. The molecule has 0 atom stereocenters. The fourth-order valence-corrected chi connectivity index (χ4v) is 2.49. The van der Waals surface area contributed by atoms with E-state index >= 15 is 0 Å². The molecule has 0 unspecified atom stereocenters. The first kappa shape index (κ1) is 11.7. The molecule has 6 heteroatoms. The highest BCUT2D eigenvalue weighted by molar-refractivity contribution is 7.07. The zero-order valence-electron chi connectivity index (χ0n) is 10.0. The van der Waals surface area contributed by atoms with E-state index in [1.54, 1.807) is 29.5 Å². The smallest absolute Gasteiger partial charge is 0.260 e. The third-order valence-electron chi connectivity index (χ3n) is 2.77. The molecule has 3 rings (SSSR count). The number of aromatic amines is 1. The minimum absolute atomic E-state index is 0.190. The summed E-state index contributed by atoms with van der Waals surface area (Å²) in [7, 11) is 0. The first-order chi connectivity index (χ1) is 9.22. The molecule has 5 nitrogen and oxygen atoms in total. The van der Waals surface area contributed by atoms with Crippen LogP contribution in [0.1, 0.15) is 5.56 Å². The third-order valence-corrected chi connectivity index (χ3v) is 3.50. The molecule has 0 saturated heterocycles. The Bertz CT molecular complexity index is 764. The van der Waals surface area contributed by atoms with Crippen molar-refractivity contribution in [3.05, 3.63) is 50.9 Å². The maximum atomic E-state index is 11.9. The van der Waals surface area contributed by atoms with Crippen molar-refractivity contribution in [3.8, 4) is 0 Å². The van der Waals surface area contributed by atoms with E-state index < -0.39 is 0 Å². The van der Waals surface area contributed by atoms with Gasteiger partial charge in [-0.15, -0.1) is 0 Å². The molecule has 0 bridgehead atoms. The lowest BCUT2D eigenvalue weighted by Crippen LogP contribution is -2.13. The van der Waals surface area contributed by atoms with E-state index in [4.69, 9.17) is 5.73 Å². The zero-order valence-corrected chi connectivity index (χ0v) is 10.8. The number of thiophene rings is 1. The summed E-state index contributed by atoms with van der Waals surface area (Å²) in [6.45, 7) is 0.632. The molecule has 96 valence electrons. The average molecular weight is 272 g/mol. The van der Waals surface area contributed by atoms with Gasteiger partial charge in [0, 0.05) is 12.2 Å². The Balaban J connectivity index is 1.93. The summed E-state index contributed by atoms with van der Waals surface area (Å²) >= 11 is 1.64. The number of H-pyrrole nitrogens is 1. The van der Waals surface area contributed by atoms with E-state index in [1.165, 1.54) is 0 Å². The Hall–Kier alpha value is -2.34. The number of hydrogen-bond donors (Lipinski definition) is 3. The molecular weight excluding hydrogens is 260 g/mol. The first-order valence-electron chi connectivity index (χ1n) is 5.77. The Kier molecular flexibility index (Phi) is 2.92. The summed E-state index contributed by atoms with van der Waals surface area (Å²) in [5.41, 5.74) is 7.81. The summed E-state index contributed by atoms with van der Waals surface area (Å²) in [6.07, 6.45) is 0. The summed E-state index contributed by atoms with van der Waals surface area (Å²) < 4.78 is 0. The van der Waals surface area contributed by atoms with Crippen LogP contribution < -0.4 is 16.6 Å². The minimum Gasteiger partial charge on any atom is -0.399 e. The van der Waals surface area contributed by atoms with Crippen molar-refractivity contribution in [2.45, 2.75) is 6.54 Å². The standard InChI is InChI=1S/C13H12N4OS/c14-9-1-2-11-10(5-9)12(18)17-13(16-11)15-6-8-3-4-19-7-8/h1-5,7H,6,14H2,(H2,15,16,17,18). The molecule has 0 aliphatic rings. The van der Waals surface area contributed by atoms with E-state index in [9.17, 15) is 4.79 Å². The maximum absolute atomic E-state index is 11.9. The number of hydrogen-bond acceptors (Lipinski definition) is 5. The molecule has 0 saturated carbocycles. The maximum Gasteiger partial charge on any atom is 0.260 e. The number of rotatable bonds is 3. The van der Waals surface area contributed by atoms with Gasteiger partial charge in [-0.3, -0.25) is 9.78 Å². The number of aromatic nitrogens is 2. The number of benzene rings is 1. The van der Waals surface area contributed by atoms with Crippen molar-refractivity contribution in [2.24, 2.45) is 0 Å². The van der Waals surface area contributed by atoms with E-state index in [2.05, 4.69) is 15.3 Å². The van der Waals surface area contributed by atoms with E-state index in [0.717, 1.165) is 5.56 Å². The van der Waals surface area contributed by atoms with Crippen LogP contribution in [-0.4, -0.2) is 9.97 Å². The lowest BCUT2D eigenvalue weighted by molar-refractivity contribution is 1.06. The molecule has 19 heavy (non-hydrogen) atoms. The van der Waals surface area contributed by atoms with E-state index in [1.807, 2.05) is 16.8 Å². The molecule has 0 amide bonds. The predicted molar refractivity (Wildman–Crippen MR) is 78.4 cm³/mol. The van der Waals surface area contributed by atoms with Crippen molar-refractivity contribution in [1.29, 1.82) is 0 Å². The quantitative estimate of drug-likeness (QED) is 0.638. The van der Waals surface area contributed by atoms with E-state index in [0.29, 0.717) is 29.1 Å². The van der Waals surface area contributed by atoms with Crippen molar-refractivity contribution in [3.63, 3.8) is 0 Å². The van der Waals surface area contributed by atoms with Gasteiger partial charge in [-0.1, -0.05) is 0 Å². The number of anilines is 2. The summed E-state index contributed by atoms with van der Waals surface area (Å²) in [6, 6.07) is 7.13. The molecular formula is C13H12N4OS. The molecule has 0 radical (unpaired) electrons. The number of nitrogen functional groups attached to an aromatic ring is 1. The second-order valence-corrected chi connectivity index (χ2v) is 4.96. The highest BCUT2D eigenvalue weighted by atomic mass is 32.1. The van der Waals surface area contributed by atoms with Gasteiger partial charge in [0.2, 0.25) is 5.95 Å². The van der Waals surface area contributed by atoms with Crippen molar-refractivity contribution in [1.82, 2.24) is 9.97 Å². The van der Waals surface area contributed by atoms with Gasteiger partial charge in [-0.25, -0.2) is 4.98 Å². The number of nitrogens with two attached hydrogens (primary N) is 1. The second-order valence-electron chi connectivity index (χ2n) is 4.18. The van der Waals surface area contributed by atoms with Crippen LogP contribution in [0.4, 0.5) is 11.6 Å². The topological polar surface area (TPSA) is 83.8 Å². The molecule has 1 aromatic carbocycles. The predicted octanol–water partition coefficient (Wildman–Crippen LogP) is 2.18. The largest absolute Gasteiger partial charge is 0.399 e. The van der Waals surface area contributed by atoms with E-state index in [-0.39, 0.29) is 5.56 Å². The molecule has 0 fully saturated rings. The average Bonchev–Trinajstić information content (AvgIpc) is 2.90. The van der Waals surface area contributed by atoms with Crippen LogP contribution in [0.3, 0.4) is 0 Å². The molecule has 2 aromatic heterocycles. The van der Waals surface area contributed by atoms with Gasteiger partial charge in [0.1, 0.15) is 0 Å². The summed E-state index contributed by atoms with van der Waals surface area (Å²) in [5, 5.41) is 7.66. The van der Waals surface area contributed by atoms with Crippen LogP contribution in [0.25, 0.3) is 10.9 Å². The van der Waals surface area contributed by atoms with Crippen LogP contribution in [0, 0.1) is 0 Å². The fourth-order valence-electron chi connectivity index (χ4n) is 1.82. The van der Waals surface area contributed by atoms with Crippen LogP contribution in [0.5, 0.6) is 0 Å². The van der Waals surface area contributed by atoms with Crippen molar-refractivity contribution < 1.29 is 0 Å². The van der Waals surface area contributed by atoms with Crippen molar-refractivity contribution in [2.75, 3.05) is 11.1 Å². The lowest BCUT2D eigenvalue weighted by Gasteiger charge is -2.05. The first-order valence-corrected chi connectivity index (χ1v) is 6.71. The molecule has 0 aliphatic heterocycles. The van der Waals surface area contributed by atoms with Gasteiger partial charge in [-0.05, 0) is 40.6 Å². The Morgan fingerprint density at radius 1 is 1.37 bits per heavy atom. The fraction of sp³-hybridized carbons (Fsp3) is 0.0769. The number of fused-ring (bicyclic) bond motifs is 1. The van der Waals surface area contributed by atoms with Crippen LogP contribution >= 0.6 is 11.3 Å². The van der Waals surface area contributed by atoms with Gasteiger partial charge in [0.05, 0.1) is 10.9 Å². The minimum atomic E-state index is -0.190. The van der Waals surface area contributed by atoms with Crippen molar-refractivity contribution >= 4 is 33.9 Å². The van der Waals surface area contributed by atoms with Gasteiger partial charge >= 0.3 is 0 Å². The normalized spacial score (nSPS) is 10.7. The third kappa shape index (κ3) is 2.43. The molecule has 2 heterocycles. The van der Waals surface area contributed by atoms with Gasteiger partial charge in [0.25, 0.3) is 5.56 Å². The monoisotopic (exact) mass is 272 g/mol. The number of nitrogens with one attached hydrogen (secondary N) is 2. The molecule has 0 aliphatic carbocycles. The molecule has 3 aromatic rings. The molecule has 0 spiro atoms.